The van der Waals surface area contributed by atoms with Crippen molar-refractivity contribution in [2.24, 2.45) is 0 Å². The molecule has 0 saturated carbocycles. The van der Waals surface area contributed by atoms with Gasteiger partial charge in [0, 0.05) is 64.1 Å². The summed E-state index contributed by atoms with van der Waals surface area (Å²) >= 11 is 0. The first kappa shape index (κ1) is 27.5. The fourth-order valence-corrected chi connectivity index (χ4v) is 4.91. The fraction of sp³-hybridized carbons (Fsp3) is 0.400. The number of aromatic nitrogens is 1. The second-order valence-electron chi connectivity index (χ2n) is 9.69. The van der Waals surface area contributed by atoms with Gasteiger partial charge in [-0.3, -0.25) is 9.69 Å². The van der Waals surface area contributed by atoms with Crippen LogP contribution < -0.4 is 23.8 Å². The summed E-state index contributed by atoms with van der Waals surface area (Å²) in [6.07, 6.45) is 1.61. The third-order valence-electron chi connectivity index (χ3n) is 7.15. The van der Waals surface area contributed by atoms with Crippen LogP contribution in [0.2, 0.25) is 0 Å². The average Bonchev–Trinajstić information content (AvgIpc) is 3.00. The molecule has 212 valence electrons. The van der Waals surface area contributed by atoms with Crippen molar-refractivity contribution in [1.29, 1.82) is 0 Å². The van der Waals surface area contributed by atoms with Crippen LogP contribution in [0.3, 0.4) is 0 Å². The van der Waals surface area contributed by atoms with Crippen molar-refractivity contribution in [1.82, 2.24) is 14.8 Å². The van der Waals surface area contributed by atoms with Crippen LogP contribution in [-0.4, -0.2) is 94.5 Å². The number of ether oxygens (including phenoxy) is 5. The van der Waals surface area contributed by atoms with Crippen molar-refractivity contribution in [2.45, 2.75) is 6.54 Å². The molecule has 0 aliphatic carbocycles. The Labute approximate surface area is 235 Å². The molecule has 1 amide bonds. The standard InChI is InChI=1S/C30H36N4O6/c1-32-11-12-33(21-22-19-28(37-3)24(20-27(22)36-2)34-14-16-38-17-15-34)13-18-39-25-8-4-5-9-26(25)40-29-23(30(32)35)7-6-10-31-29/h4-10,19-20H,11-18,21H2,1-3H3. The number of carbonyl (C=O) groups excluding carboxylic acids is 1. The summed E-state index contributed by atoms with van der Waals surface area (Å²) in [6.45, 7) is 5.73. The summed E-state index contributed by atoms with van der Waals surface area (Å²) < 4.78 is 29.4. The van der Waals surface area contributed by atoms with Crippen molar-refractivity contribution in [2.75, 3.05) is 78.7 Å². The van der Waals surface area contributed by atoms with Crippen LogP contribution in [0, 0.1) is 0 Å². The van der Waals surface area contributed by atoms with E-state index in [4.69, 9.17) is 23.7 Å². The van der Waals surface area contributed by atoms with Gasteiger partial charge in [-0.05, 0) is 30.3 Å². The quantitative estimate of drug-likeness (QED) is 0.474. The zero-order chi connectivity index (χ0) is 27.9. The summed E-state index contributed by atoms with van der Waals surface area (Å²) in [6, 6.07) is 15.0. The van der Waals surface area contributed by atoms with Gasteiger partial charge in [0.2, 0.25) is 5.88 Å². The van der Waals surface area contributed by atoms with Crippen LogP contribution in [0.4, 0.5) is 5.69 Å². The van der Waals surface area contributed by atoms with Crippen molar-refractivity contribution in [3.05, 3.63) is 65.9 Å². The highest BCUT2D eigenvalue weighted by Crippen LogP contribution is 2.37. The van der Waals surface area contributed by atoms with Crippen molar-refractivity contribution in [3.8, 4) is 28.9 Å². The number of fused-ring (bicyclic) bond motifs is 2. The highest BCUT2D eigenvalue weighted by Gasteiger charge is 2.23. The first-order valence-corrected chi connectivity index (χ1v) is 13.5. The Morgan fingerprint density at radius 2 is 1.65 bits per heavy atom. The van der Waals surface area contributed by atoms with Crippen LogP contribution in [0.1, 0.15) is 15.9 Å². The maximum atomic E-state index is 13.4. The third kappa shape index (κ3) is 6.24. The zero-order valence-corrected chi connectivity index (χ0v) is 23.3. The van der Waals surface area contributed by atoms with Crippen LogP contribution >= 0.6 is 0 Å². The van der Waals surface area contributed by atoms with Gasteiger partial charge in [0.1, 0.15) is 23.7 Å². The Balaban J connectivity index is 1.42. The molecule has 1 aromatic heterocycles. The lowest BCUT2D eigenvalue weighted by molar-refractivity contribution is 0.0770. The molecule has 3 heterocycles. The normalized spacial score (nSPS) is 16.8. The molecule has 1 saturated heterocycles. The predicted octanol–water partition coefficient (Wildman–Crippen LogP) is 3.69. The lowest BCUT2D eigenvalue weighted by Crippen LogP contribution is -2.38. The van der Waals surface area contributed by atoms with Gasteiger partial charge < -0.3 is 33.5 Å². The average molecular weight is 549 g/mol. The number of carbonyl (C=O) groups is 1. The van der Waals surface area contributed by atoms with Crippen LogP contribution in [-0.2, 0) is 11.3 Å². The van der Waals surface area contributed by atoms with Gasteiger partial charge in [-0.25, -0.2) is 4.98 Å². The summed E-state index contributed by atoms with van der Waals surface area (Å²) in [5, 5.41) is 0. The minimum atomic E-state index is -0.158. The van der Waals surface area contributed by atoms with E-state index in [1.54, 1.807) is 44.5 Å². The highest BCUT2D eigenvalue weighted by atomic mass is 16.5. The smallest absolute Gasteiger partial charge is 0.259 e. The van der Waals surface area contributed by atoms with E-state index in [-0.39, 0.29) is 11.8 Å². The zero-order valence-electron chi connectivity index (χ0n) is 23.3. The van der Waals surface area contributed by atoms with Gasteiger partial charge in [0.15, 0.2) is 11.5 Å². The molecule has 40 heavy (non-hydrogen) atoms. The molecular weight excluding hydrogens is 512 g/mol. The maximum Gasteiger partial charge on any atom is 0.259 e. The molecule has 2 aliphatic heterocycles. The van der Waals surface area contributed by atoms with E-state index in [9.17, 15) is 4.79 Å². The van der Waals surface area contributed by atoms with E-state index < -0.39 is 0 Å². The number of hydrogen-bond acceptors (Lipinski definition) is 9. The molecule has 0 atom stereocenters. The Hall–Kier alpha value is -4.02. The number of methoxy groups -OCH3 is 2. The first-order chi connectivity index (χ1) is 19.6. The monoisotopic (exact) mass is 548 g/mol. The van der Waals surface area contributed by atoms with E-state index >= 15 is 0 Å². The van der Waals surface area contributed by atoms with Crippen molar-refractivity contribution < 1.29 is 28.5 Å². The molecule has 0 radical (unpaired) electrons. The number of benzene rings is 2. The Kier molecular flexibility index (Phi) is 8.87. The molecule has 0 N–H and O–H groups in total. The number of hydrogen-bond donors (Lipinski definition) is 0. The summed E-state index contributed by atoms with van der Waals surface area (Å²) in [5.41, 5.74) is 2.39. The molecular formula is C30H36N4O6. The Bertz CT molecular complexity index is 1310. The molecule has 2 aromatic carbocycles. The summed E-state index contributed by atoms with van der Waals surface area (Å²) in [5.74, 6) is 2.78. The lowest BCUT2D eigenvalue weighted by Gasteiger charge is -2.31. The van der Waals surface area contributed by atoms with E-state index in [1.165, 1.54) is 0 Å². The van der Waals surface area contributed by atoms with Gasteiger partial charge >= 0.3 is 0 Å². The number of anilines is 1. The summed E-state index contributed by atoms with van der Waals surface area (Å²) in [7, 11) is 5.17. The number of morpholine rings is 1. The maximum absolute atomic E-state index is 13.4. The SMILES string of the molecule is COc1cc(N2CCOCC2)c(OC)cc1CN1CCOc2ccccc2Oc2ncccc2C(=O)N(C)CC1. The van der Waals surface area contributed by atoms with E-state index in [0.29, 0.717) is 63.1 Å². The van der Waals surface area contributed by atoms with Gasteiger partial charge in [-0.2, -0.15) is 0 Å². The number of nitrogens with zero attached hydrogens (tertiary/aromatic N) is 4. The second-order valence-corrected chi connectivity index (χ2v) is 9.69. The molecule has 10 nitrogen and oxygen atoms in total. The number of amides is 1. The second kappa shape index (κ2) is 12.9. The van der Waals surface area contributed by atoms with Crippen LogP contribution in [0.25, 0.3) is 0 Å². The number of pyridine rings is 1. The minimum absolute atomic E-state index is 0.158. The van der Waals surface area contributed by atoms with Gasteiger partial charge in [0.25, 0.3) is 5.91 Å². The van der Waals surface area contributed by atoms with Gasteiger partial charge in [-0.15, -0.1) is 0 Å². The first-order valence-electron chi connectivity index (χ1n) is 13.5. The summed E-state index contributed by atoms with van der Waals surface area (Å²) in [4.78, 5) is 23.9. The Morgan fingerprint density at radius 3 is 2.42 bits per heavy atom. The largest absolute Gasteiger partial charge is 0.496 e. The molecule has 1 fully saturated rings. The lowest BCUT2D eigenvalue weighted by atomic mass is 10.1. The molecule has 0 spiro atoms. The molecule has 0 bridgehead atoms. The number of para-hydroxylation sites is 2. The van der Waals surface area contributed by atoms with E-state index in [1.807, 2.05) is 36.4 Å². The molecule has 3 aromatic rings. The topological polar surface area (TPSA) is 85.8 Å². The molecule has 2 aliphatic rings. The van der Waals surface area contributed by atoms with Crippen molar-refractivity contribution >= 4 is 11.6 Å². The van der Waals surface area contributed by atoms with E-state index in [2.05, 4.69) is 14.8 Å². The number of rotatable bonds is 5. The van der Waals surface area contributed by atoms with Gasteiger partial charge in [0.05, 0.1) is 33.1 Å². The third-order valence-corrected chi connectivity index (χ3v) is 7.15. The molecule has 5 rings (SSSR count). The predicted molar refractivity (Wildman–Crippen MR) is 151 cm³/mol. The van der Waals surface area contributed by atoms with E-state index in [0.717, 1.165) is 35.8 Å². The van der Waals surface area contributed by atoms with Crippen LogP contribution in [0.5, 0.6) is 28.9 Å². The fourth-order valence-electron chi connectivity index (χ4n) is 4.91. The minimum Gasteiger partial charge on any atom is -0.496 e. The van der Waals surface area contributed by atoms with Gasteiger partial charge in [-0.1, -0.05) is 12.1 Å². The van der Waals surface area contributed by atoms with Crippen LogP contribution in [0.15, 0.2) is 54.7 Å². The highest BCUT2D eigenvalue weighted by molar-refractivity contribution is 5.96. The molecule has 10 heteroatoms. The molecule has 0 unspecified atom stereocenters. The Morgan fingerprint density at radius 1 is 0.875 bits per heavy atom. The van der Waals surface area contributed by atoms with Crippen molar-refractivity contribution in [3.63, 3.8) is 0 Å². The number of likely N-dealkylation sites (N-methyl/N-ethyl adjacent to an activating group) is 1.